The van der Waals surface area contributed by atoms with Crippen LogP contribution >= 0.6 is 0 Å². The number of nitrogens with zero attached hydrogens (tertiary/aromatic N) is 2. The molecule has 2 N–H and O–H groups in total. The second kappa shape index (κ2) is 7.22. The van der Waals surface area contributed by atoms with Gasteiger partial charge in [0.2, 0.25) is 0 Å². The first kappa shape index (κ1) is 14.8. The van der Waals surface area contributed by atoms with Crippen LogP contribution in [0.15, 0.2) is 30.3 Å². The summed E-state index contributed by atoms with van der Waals surface area (Å²) in [5.41, 5.74) is 1.82. The van der Waals surface area contributed by atoms with Crippen LogP contribution < -0.4 is 4.90 Å². The zero-order chi connectivity index (χ0) is 14.4. The molecule has 0 radical (unpaired) electrons. The lowest BCUT2D eigenvalue weighted by Gasteiger charge is -2.19. The van der Waals surface area contributed by atoms with Gasteiger partial charge in [-0.05, 0) is 37.0 Å². The van der Waals surface area contributed by atoms with Gasteiger partial charge in [0, 0.05) is 25.6 Å². The number of pyridine rings is 1. The Morgan fingerprint density at radius 2 is 1.90 bits per heavy atom. The number of unbranched alkanes of at least 4 members (excludes halogenated alkanes) is 2. The van der Waals surface area contributed by atoms with E-state index in [1.165, 1.54) is 0 Å². The Kier molecular flexibility index (Phi) is 5.32. The third-order valence-corrected chi connectivity index (χ3v) is 3.50. The van der Waals surface area contributed by atoms with Crippen LogP contribution in [0.4, 0.5) is 5.82 Å². The van der Waals surface area contributed by atoms with Gasteiger partial charge >= 0.3 is 0 Å². The number of aliphatic hydroxyl groups is 2. The van der Waals surface area contributed by atoms with Crippen molar-refractivity contribution in [3.63, 3.8) is 0 Å². The van der Waals surface area contributed by atoms with Crippen LogP contribution in [0.5, 0.6) is 0 Å². The smallest absolute Gasteiger partial charge is 0.129 e. The third kappa shape index (κ3) is 3.46. The van der Waals surface area contributed by atoms with E-state index in [0.29, 0.717) is 0 Å². The normalized spacial score (nSPS) is 10.9. The van der Waals surface area contributed by atoms with Crippen molar-refractivity contribution in [2.75, 3.05) is 25.1 Å². The van der Waals surface area contributed by atoms with Gasteiger partial charge in [0.1, 0.15) is 5.82 Å². The highest BCUT2D eigenvalue weighted by Crippen LogP contribution is 2.22. The Morgan fingerprint density at radius 3 is 2.65 bits per heavy atom. The molecule has 0 saturated carbocycles. The number of hydrogen-bond donors (Lipinski definition) is 2. The van der Waals surface area contributed by atoms with E-state index < -0.39 is 0 Å². The molecule has 20 heavy (non-hydrogen) atoms. The molecule has 0 fully saturated rings. The average Bonchev–Trinajstić information content (AvgIpc) is 2.50. The van der Waals surface area contributed by atoms with Crippen molar-refractivity contribution < 1.29 is 10.2 Å². The molecule has 0 saturated heterocycles. The molecule has 0 atom stereocenters. The van der Waals surface area contributed by atoms with Gasteiger partial charge in [0.15, 0.2) is 0 Å². The summed E-state index contributed by atoms with van der Waals surface area (Å²) in [4.78, 5) is 6.75. The molecule has 2 rings (SSSR count). The fraction of sp³-hybridized carbons (Fsp3) is 0.438. The number of hydrogen-bond acceptors (Lipinski definition) is 4. The van der Waals surface area contributed by atoms with Gasteiger partial charge in [0.05, 0.1) is 12.1 Å². The number of aromatic nitrogens is 1. The first-order valence-corrected chi connectivity index (χ1v) is 7.07. The fourth-order valence-corrected chi connectivity index (χ4v) is 2.31. The zero-order valence-corrected chi connectivity index (χ0v) is 11.9. The van der Waals surface area contributed by atoms with Crippen LogP contribution in [0, 0.1) is 0 Å². The van der Waals surface area contributed by atoms with E-state index in [-0.39, 0.29) is 13.2 Å². The minimum Gasteiger partial charge on any atom is -0.396 e. The molecule has 0 aliphatic carbocycles. The van der Waals surface area contributed by atoms with Crippen molar-refractivity contribution >= 4 is 16.7 Å². The maximum atomic E-state index is 9.51. The van der Waals surface area contributed by atoms with Crippen molar-refractivity contribution in [3.8, 4) is 0 Å². The number of rotatable bonds is 7. The van der Waals surface area contributed by atoms with Crippen molar-refractivity contribution in [2.45, 2.75) is 25.9 Å². The van der Waals surface area contributed by atoms with Crippen LogP contribution in [-0.4, -0.2) is 35.4 Å². The Bertz CT molecular complexity index is 557. The van der Waals surface area contributed by atoms with Gasteiger partial charge in [-0.1, -0.05) is 18.2 Å². The summed E-state index contributed by atoms with van der Waals surface area (Å²) >= 11 is 0. The van der Waals surface area contributed by atoms with E-state index in [1.54, 1.807) is 0 Å². The summed E-state index contributed by atoms with van der Waals surface area (Å²) in [5.74, 6) is 0.886. The van der Waals surface area contributed by atoms with Gasteiger partial charge in [-0.15, -0.1) is 0 Å². The third-order valence-electron chi connectivity index (χ3n) is 3.50. The van der Waals surface area contributed by atoms with E-state index in [1.807, 2.05) is 37.4 Å². The lowest BCUT2D eigenvalue weighted by molar-refractivity contribution is 0.282. The predicted octanol–water partition coefficient (Wildman–Crippen LogP) is 2.33. The molecule has 1 aromatic carbocycles. The Balaban J connectivity index is 2.17. The highest BCUT2D eigenvalue weighted by atomic mass is 16.3. The van der Waals surface area contributed by atoms with E-state index in [0.717, 1.165) is 48.1 Å². The van der Waals surface area contributed by atoms with Crippen molar-refractivity contribution in [3.05, 3.63) is 35.9 Å². The summed E-state index contributed by atoms with van der Waals surface area (Å²) in [5, 5.41) is 19.3. The number of para-hydroxylation sites is 1. The number of aliphatic hydroxyl groups excluding tert-OH is 2. The van der Waals surface area contributed by atoms with Crippen molar-refractivity contribution in [1.29, 1.82) is 0 Å². The van der Waals surface area contributed by atoms with Crippen molar-refractivity contribution in [1.82, 2.24) is 4.98 Å². The molecule has 4 heteroatoms. The number of benzene rings is 1. The van der Waals surface area contributed by atoms with Crippen LogP contribution in [0.2, 0.25) is 0 Å². The molecule has 0 aliphatic rings. The maximum absolute atomic E-state index is 9.51. The van der Waals surface area contributed by atoms with E-state index in [9.17, 15) is 5.11 Å². The highest BCUT2D eigenvalue weighted by molar-refractivity contribution is 5.84. The van der Waals surface area contributed by atoms with Gasteiger partial charge in [-0.3, -0.25) is 0 Å². The van der Waals surface area contributed by atoms with Crippen LogP contribution in [0.1, 0.15) is 24.8 Å². The second-order valence-electron chi connectivity index (χ2n) is 5.02. The molecule has 108 valence electrons. The van der Waals surface area contributed by atoms with Crippen molar-refractivity contribution in [2.24, 2.45) is 0 Å². The second-order valence-corrected chi connectivity index (χ2v) is 5.02. The van der Waals surface area contributed by atoms with Gasteiger partial charge in [-0.25, -0.2) is 4.98 Å². The van der Waals surface area contributed by atoms with E-state index >= 15 is 0 Å². The molecule has 2 aromatic rings. The molecule has 1 heterocycles. The standard InChI is InChI=1S/C16H22N2O2/c1-18(9-5-2-6-10-19)16-11-13(12-20)14-7-3-4-8-15(14)17-16/h3-4,7-8,11,19-20H,2,5-6,9-10,12H2,1H3. The van der Waals surface area contributed by atoms with Crippen LogP contribution in [0.25, 0.3) is 10.9 Å². The Hall–Kier alpha value is -1.65. The first-order valence-electron chi connectivity index (χ1n) is 7.07. The minimum absolute atomic E-state index is 0.0222. The molecular formula is C16H22N2O2. The highest BCUT2D eigenvalue weighted by Gasteiger charge is 2.08. The summed E-state index contributed by atoms with van der Waals surface area (Å²) in [6.45, 7) is 1.18. The lowest BCUT2D eigenvalue weighted by atomic mass is 10.1. The fourth-order valence-electron chi connectivity index (χ4n) is 2.31. The monoisotopic (exact) mass is 274 g/mol. The molecule has 0 unspecified atom stereocenters. The summed E-state index contributed by atoms with van der Waals surface area (Å²) in [6, 6.07) is 9.83. The minimum atomic E-state index is 0.0222. The molecule has 1 aromatic heterocycles. The molecule has 0 spiro atoms. The summed E-state index contributed by atoms with van der Waals surface area (Å²) in [7, 11) is 2.01. The maximum Gasteiger partial charge on any atom is 0.129 e. The molecule has 0 amide bonds. The summed E-state index contributed by atoms with van der Waals surface area (Å²) in [6.07, 6.45) is 2.89. The summed E-state index contributed by atoms with van der Waals surface area (Å²) < 4.78 is 0. The van der Waals surface area contributed by atoms with Crippen LogP contribution in [0.3, 0.4) is 0 Å². The number of anilines is 1. The van der Waals surface area contributed by atoms with Gasteiger partial charge < -0.3 is 15.1 Å². The average molecular weight is 274 g/mol. The quantitative estimate of drug-likeness (QED) is 0.761. The first-order chi connectivity index (χ1) is 9.76. The molecular weight excluding hydrogens is 252 g/mol. The zero-order valence-electron chi connectivity index (χ0n) is 11.9. The predicted molar refractivity (Wildman–Crippen MR) is 81.9 cm³/mol. The molecule has 4 nitrogen and oxygen atoms in total. The largest absolute Gasteiger partial charge is 0.396 e. The Labute approximate surface area is 119 Å². The lowest BCUT2D eigenvalue weighted by Crippen LogP contribution is -2.20. The van der Waals surface area contributed by atoms with E-state index in [2.05, 4.69) is 9.88 Å². The molecule has 0 bridgehead atoms. The van der Waals surface area contributed by atoms with Crippen LogP contribution in [-0.2, 0) is 6.61 Å². The Morgan fingerprint density at radius 1 is 1.10 bits per heavy atom. The molecule has 0 aliphatic heterocycles. The topological polar surface area (TPSA) is 56.6 Å². The van der Waals surface area contributed by atoms with Gasteiger partial charge in [-0.2, -0.15) is 0 Å². The van der Waals surface area contributed by atoms with E-state index in [4.69, 9.17) is 5.11 Å². The SMILES string of the molecule is CN(CCCCCO)c1cc(CO)c2ccccc2n1. The number of fused-ring (bicyclic) bond motifs is 1. The van der Waals surface area contributed by atoms with Gasteiger partial charge in [0.25, 0.3) is 0 Å².